The van der Waals surface area contributed by atoms with E-state index in [-0.39, 0.29) is 5.92 Å². The van der Waals surface area contributed by atoms with Gasteiger partial charge in [0.05, 0.1) is 23.5 Å². The van der Waals surface area contributed by atoms with Crippen LogP contribution < -0.4 is 11.1 Å². The van der Waals surface area contributed by atoms with Crippen LogP contribution in [0.3, 0.4) is 0 Å². The van der Waals surface area contributed by atoms with E-state index < -0.39 is 12.0 Å². The fourth-order valence-electron chi connectivity index (χ4n) is 3.86. The summed E-state index contributed by atoms with van der Waals surface area (Å²) in [5, 5.41) is 25.8. The van der Waals surface area contributed by atoms with Gasteiger partial charge in [-0.15, -0.1) is 0 Å². The van der Waals surface area contributed by atoms with Crippen molar-refractivity contribution in [3.8, 4) is 17.2 Å². The zero-order valence-electron chi connectivity index (χ0n) is 16.5. The third kappa shape index (κ3) is 3.51. The number of hydrogen-bond donors (Lipinski definition) is 3. The lowest BCUT2D eigenvalue weighted by Crippen LogP contribution is -2.43. The number of benzene rings is 1. The van der Waals surface area contributed by atoms with E-state index in [9.17, 15) is 10.1 Å². The molecule has 0 saturated carbocycles. The van der Waals surface area contributed by atoms with E-state index in [1.54, 1.807) is 16.8 Å². The van der Waals surface area contributed by atoms with Gasteiger partial charge in [0.2, 0.25) is 0 Å². The van der Waals surface area contributed by atoms with Crippen LogP contribution in [0.5, 0.6) is 0 Å². The highest BCUT2D eigenvalue weighted by Gasteiger charge is 2.27. The number of nitrogens with two attached hydrogens (primary N) is 1. The third-order valence-corrected chi connectivity index (χ3v) is 5.57. The van der Waals surface area contributed by atoms with Gasteiger partial charge in [-0.2, -0.15) is 14.9 Å². The Kier molecular flexibility index (Phi) is 5.21. The Balaban J connectivity index is 1.68. The summed E-state index contributed by atoms with van der Waals surface area (Å²) >= 11 is 0. The van der Waals surface area contributed by atoms with Gasteiger partial charge in [-0.3, -0.25) is 4.79 Å². The van der Waals surface area contributed by atoms with Crippen molar-refractivity contribution in [2.45, 2.75) is 31.7 Å². The van der Waals surface area contributed by atoms with E-state index in [2.05, 4.69) is 16.5 Å². The van der Waals surface area contributed by atoms with Gasteiger partial charge in [-0.25, -0.2) is 4.98 Å². The fourth-order valence-corrected chi connectivity index (χ4v) is 3.86. The van der Waals surface area contributed by atoms with Gasteiger partial charge in [0.25, 0.3) is 0 Å². The zero-order chi connectivity index (χ0) is 21.3. The molecule has 2 atom stereocenters. The standard InChI is InChI=1S/C22H22N6O2/c1-2-13(10-23)14-3-5-15(6-4-14)17-12-26-28-20(24)9-19(27-21(17)28)16-7-8-18(22(29)30)25-11-16/h2-6,9,12,16,18,25H,7-8,11,24H2,1H3,(H,29,30)/b13-2+. The first-order valence-electron chi connectivity index (χ1n) is 9.79. The van der Waals surface area contributed by atoms with Crippen LogP contribution in [0, 0.1) is 11.3 Å². The Morgan fingerprint density at radius 3 is 2.73 bits per heavy atom. The molecule has 0 spiro atoms. The fraction of sp³-hybridized carbons (Fsp3) is 0.273. The lowest BCUT2D eigenvalue weighted by atomic mass is 9.92. The Labute approximate surface area is 173 Å². The molecule has 4 N–H and O–H groups in total. The van der Waals surface area contributed by atoms with Crippen molar-refractivity contribution in [3.05, 3.63) is 53.9 Å². The van der Waals surface area contributed by atoms with E-state index in [0.29, 0.717) is 30.0 Å². The number of carbonyl (C=O) groups is 1. The second kappa shape index (κ2) is 7.97. The summed E-state index contributed by atoms with van der Waals surface area (Å²) < 4.78 is 1.61. The number of nitriles is 1. The lowest BCUT2D eigenvalue weighted by Gasteiger charge is -2.27. The minimum atomic E-state index is -0.824. The molecule has 30 heavy (non-hydrogen) atoms. The Bertz CT molecular complexity index is 1160. The molecule has 0 radical (unpaired) electrons. The molecule has 152 valence electrons. The molecular weight excluding hydrogens is 380 g/mol. The van der Waals surface area contributed by atoms with Crippen LogP contribution in [0.4, 0.5) is 5.82 Å². The summed E-state index contributed by atoms with van der Waals surface area (Å²) in [4.78, 5) is 16.0. The van der Waals surface area contributed by atoms with Crippen molar-refractivity contribution >= 4 is 23.0 Å². The van der Waals surface area contributed by atoms with Crippen LogP contribution in [0.2, 0.25) is 0 Å². The van der Waals surface area contributed by atoms with Gasteiger partial charge >= 0.3 is 5.97 Å². The molecule has 1 aliphatic rings. The summed E-state index contributed by atoms with van der Waals surface area (Å²) in [5.74, 6) is -0.250. The molecule has 1 aliphatic heterocycles. The number of carboxylic acids is 1. The number of nitrogens with zero attached hydrogens (tertiary/aromatic N) is 4. The number of piperidine rings is 1. The van der Waals surface area contributed by atoms with Crippen molar-refractivity contribution in [3.63, 3.8) is 0 Å². The maximum Gasteiger partial charge on any atom is 0.320 e. The molecule has 0 aliphatic carbocycles. The van der Waals surface area contributed by atoms with Crippen molar-refractivity contribution in [2.75, 3.05) is 12.3 Å². The molecule has 0 bridgehead atoms. The SMILES string of the molecule is C/C=C(\C#N)c1ccc(-c2cnn3c(N)cc(C4CCC(C(=O)O)NC4)nc23)cc1. The maximum absolute atomic E-state index is 11.2. The van der Waals surface area contributed by atoms with E-state index in [1.807, 2.05) is 37.3 Å². The van der Waals surface area contributed by atoms with Crippen molar-refractivity contribution in [1.29, 1.82) is 5.26 Å². The highest BCUT2D eigenvalue weighted by molar-refractivity contribution is 5.81. The van der Waals surface area contributed by atoms with E-state index in [1.165, 1.54) is 0 Å². The summed E-state index contributed by atoms with van der Waals surface area (Å²) in [7, 11) is 0. The van der Waals surface area contributed by atoms with Crippen LogP contribution in [0.1, 0.15) is 36.9 Å². The number of rotatable bonds is 4. The number of aromatic nitrogens is 3. The van der Waals surface area contributed by atoms with Crippen LogP contribution in [0.25, 0.3) is 22.3 Å². The van der Waals surface area contributed by atoms with Crippen molar-refractivity contribution in [1.82, 2.24) is 19.9 Å². The van der Waals surface area contributed by atoms with E-state index in [4.69, 9.17) is 15.8 Å². The molecule has 2 aromatic heterocycles. The van der Waals surface area contributed by atoms with Gasteiger partial charge in [0, 0.05) is 24.1 Å². The summed E-state index contributed by atoms with van der Waals surface area (Å²) in [6.45, 7) is 2.38. The quantitative estimate of drug-likeness (QED) is 0.572. The van der Waals surface area contributed by atoms with Crippen LogP contribution in [-0.2, 0) is 4.79 Å². The molecule has 8 nitrogen and oxygen atoms in total. The van der Waals surface area contributed by atoms with Gasteiger partial charge in [-0.1, -0.05) is 30.3 Å². The Morgan fingerprint density at radius 2 is 2.13 bits per heavy atom. The Morgan fingerprint density at radius 1 is 1.37 bits per heavy atom. The van der Waals surface area contributed by atoms with Gasteiger partial charge in [0.1, 0.15) is 11.9 Å². The number of aliphatic carboxylic acids is 1. The normalized spacial score (nSPS) is 19.5. The maximum atomic E-state index is 11.2. The molecule has 8 heteroatoms. The average Bonchev–Trinajstić information content (AvgIpc) is 3.20. The second-order valence-electron chi connectivity index (χ2n) is 7.36. The van der Waals surface area contributed by atoms with E-state index >= 15 is 0 Å². The number of carboxylic acid groups (broad SMARTS) is 1. The predicted octanol–water partition coefficient (Wildman–Crippen LogP) is 2.83. The molecule has 2 unspecified atom stereocenters. The van der Waals surface area contributed by atoms with E-state index in [0.717, 1.165) is 28.8 Å². The lowest BCUT2D eigenvalue weighted by molar-refractivity contribution is -0.140. The first-order chi connectivity index (χ1) is 14.5. The second-order valence-corrected chi connectivity index (χ2v) is 7.36. The molecular formula is C22H22N6O2. The molecule has 1 fully saturated rings. The topological polar surface area (TPSA) is 129 Å². The summed E-state index contributed by atoms with van der Waals surface area (Å²) in [6.07, 6.45) is 4.79. The smallest absolute Gasteiger partial charge is 0.320 e. The van der Waals surface area contributed by atoms with Crippen molar-refractivity contribution in [2.24, 2.45) is 0 Å². The molecule has 1 saturated heterocycles. The average molecular weight is 402 g/mol. The molecule has 4 rings (SSSR count). The van der Waals surface area contributed by atoms with Crippen LogP contribution >= 0.6 is 0 Å². The number of hydrogen-bond acceptors (Lipinski definition) is 6. The van der Waals surface area contributed by atoms with Crippen LogP contribution in [-0.4, -0.2) is 38.3 Å². The minimum Gasteiger partial charge on any atom is -0.480 e. The minimum absolute atomic E-state index is 0.0888. The van der Waals surface area contributed by atoms with Gasteiger partial charge in [-0.05, 0) is 30.9 Å². The van der Waals surface area contributed by atoms with Crippen molar-refractivity contribution < 1.29 is 9.90 Å². The summed E-state index contributed by atoms with van der Waals surface area (Å²) in [5.41, 5.74) is 11.0. The number of nitrogens with one attached hydrogen (secondary N) is 1. The number of anilines is 1. The van der Waals surface area contributed by atoms with Gasteiger partial charge in [0.15, 0.2) is 5.65 Å². The Hall–Kier alpha value is -3.70. The molecule has 3 heterocycles. The van der Waals surface area contributed by atoms with Crippen LogP contribution in [0.15, 0.2) is 42.6 Å². The monoisotopic (exact) mass is 402 g/mol. The number of nitrogen functional groups attached to an aromatic ring is 1. The highest BCUT2D eigenvalue weighted by Crippen LogP contribution is 2.30. The number of allylic oxidation sites excluding steroid dienone is 2. The third-order valence-electron chi connectivity index (χ3n) is 5.57. The number of fused-ring (bicyclic) bond motifs is 1. The molecule has 0 amide bonds. The molecule has 3 aromatic rings. The highest BCUT2D eigenvalue weighted by atomic mass is 16.4. The predicted molar refractivity (Wildman–Crippen MR) is 114 cm³/mol. The largest absolute Gasteiger partial charge is 0.480 e. The first-order valence-corrected chi connectivity index (χ1v) is 9.79. The zero-order valence-corrected chi connectivity index (χ0v) is 16.5. The first kappa shape index (κ1) is 19.6. The summed E-state index contributed by atoms with van der Waals surface area (Å²) in [6, 6.07) is 11.2. The molecule has 1 aromatic carbocycles. The van der Waals surface area contributed by atoms with Gasteiger partial charge < -0.3 is 16.2 Å².